The number of carboxylic acids is 1. The predicted octanol–water partition coefficient (Wildman–Crippen LogP) is 4.41. The molecule has 0 bridgehead atoms. The number of nitrogens with zero attached hydrogens (tertiary/aromatic N) is 1. The number of hydrogen-bond acceptors (Lipinski definition) is 4. The zero-order valence-corrected chi connectivity index (χ0v) is 19.2. The number of alkyl halides is 2. The van der Waals surface area contributed by atoms with Crippen molar-refractivity contribution in [3.05, 3.63) is 59.7 Å². The van der Waals surface area contributed by atoms with Crippen LogP contribution in [0.5, 0.6) is 0 Å². The molecule has 9 heteroatoms. The molecule has 0 aromatic heterocycles. The van der Waals surface area contributed by atoms with Gasteiger partial charge in [-0.05, 0) is 35.1 Å². The van der Waals surface area contributed by atoms with Crippen LogP contribution in [0.15, 0.2) is 48.5 Å². The van der Waals surface area contributed by atoms with Crippen molar-refractivity contribution in [3.8, 4) is 11.1 Å². The number of hydrogen-bond donors (Lipinski definition) is 2. The second kappa shape index (κ2) is 10.4. The van der Waals surface area contributed by atoms with Crippen molar-refractivity contribution < 1.29 is 33.0 Å². The summed E-state index contributed by atoms with van der Waals surface area (Å²) in [4.78, 5) is 36.3. The number of nitrogens with one attached hydrogen (secondary N) is 1. The van der Waals surface area contributed by atoms with Crippen molar-refractivity contribution in [1.29, 1.82) is 0 Å². The van der Waals surface area contributed by atoms with Crippen LogP contribution in [-0.2, 0) is 14.3 Å². The molecule has 35 heavy (non-hydrogen) atoms. The summed E-state index contributed by atoms with van der Waals surface area (Å²) >= 11 is 0. The standard InChI is InChI=1S/C26H28F2N2O5/c27-26(28)14-22(24(32)33)30(16-26)23(31)12-2-1-7-13-29-25(34)35-15-21-19-10-5-3-8-17(19)18-9-4-6-11-20(18)21/h3-6,8-11,21-22H,1-2,7,12-16H2,(H,29,34)(H,32,33)/t22-/m0/s1. The Labute approximate surface area is 202 Å². The van der Waals surface area contributed by atoms with E-state index in [1.165, 1.54) is 0 Å². The number of aliphatic carboxylic acids is 1. The number of carboxylic acid groups (broad SMARTS) is 1. The number of likely N-dealkylation sites (tertiary alicyclic amines) is 1. The van der Waals surface area contributed by atoms with Gasteiger partial charge >= 0.3 is 12.1 Å². The maximum Gasteiger partial charge on any atom is 0.407 e. The molecule has 2 N–H and O–H groups in total. The zero-order chi connectivity index (χ0) is 25.0. The lowest BCUT2D eigenvalue weighted by Gasteiger charge is -2.20. The zero-order valence-electron chi connectivity index (χ0n) is 19.2. The maximum absolute atomic E-state index is 13.5. The van der Waals surface area contributed by atoms with E-state index in [2.05, 4.69) is 17.4 Å². The number of alkyl carbamates (subject to hydrolysis) is 1. The van der Waals surface area contributed by atoms with Gasteiger partial charge in [-0.25, -0.2) is 18.4 Å². The number of ether oxygens (including phenoxy) is 1. The molecule has 0 radical (unpaired) electrons. The summed E-state index contributed by atoms with van der Waals surface area (Å²) in [6, 6.07) is 14.7. The number of carbonyl (C=O) groups excluding carboxylic acids is 2. The first kappa shape index (κ1) is 24.6. The summed E-state index contributed by atoms with van der Waals surface area (Å²) in [7, 11) is 0. The minimum atomic E-state index is -3.17. The molecular weight excluding hydrogens is 458 g/mol. The molecule has 4 rings (SSSR count). The lowest BCUT2D eigenvalue weighted by Crippen LogP contribution is -2.40. The number of benzene rings is 2. The summed E-state index contributed by atoms with van der Waals surface area (Å²) in [6.07, 6.45) is 0.196. The van der Waals surface area contributed by atoms with Gasteiger partial charge in [-0.1, -0.05) is 55.0 Å². The summed E-state index contributed by atoms with van der Waals surface area (Å²) < 4.78 is 32.5. The van der Waals surface area contributed by atoms with E-state index >= 15 is 0 Å². The summed E-state index contributed by atoms with van der Waals surface area (Å²) in [5.41, 5.74) is 4.57. The van der Waals surface area contributed by atoms with Crippen LogP contribution in [0.2, 0.25) is 0 Å². The van der Waals surface area contributed by atoms with Gasteiger partial charge in [0.25, 0.3) is 5.92 Å². The Balaban J connectivity index is 1.16. The SMILES string of the molecule is O=C(NCCCCCC(=O)N1CC(F)(F)C[C@H]1C(=O)O)OCC1c2ccccc2-c2ccccc21. The van der Waals surface area contributed by atoms with Gasteiger partial charge < -0.3 is 20.1 Å². The summed E-state index contributed by atoms with van der Waals surface area (Å²) in [5.74, 6) is -5.19. The van der Waals surface area contributed by atoms with Gasteiger partial charge in [0.1, 0.15) is 12.6 Å². The normalized spacial score (nSPS) is 18.1. The van der Waals surface area contributed by atoms with E-state index in [1.807, 2.05) is 36.4 Å². The average Bonchev–Trinajstić information content (AvgIpc) is 3.34. The number of unbranched alkanes of at least 4 members (excludes halogenated alkanes) is 2. The van der Waals surface area contributed by atoms with E-state index in [1.54, 1.807) is 0 Å². The Morgan fingerprint density at radius 2 is 1.63 bits per heavy atom. The smallest absolute Gasteiger partial charge is 0.407 e. The van der Waals surface area contributed by atoms with E-state index in [0.29, 0.717) is 25.8 Å². The van der Waals surface area contributed by atoms with Crippen molar-refractivity contribution in [2.45, 2.75) is 50.0 Å². The van der Waals surface area contributed by atoms with Crippen LogP contribution >= 0.6 is 0 Å². The largest absolute Gasteiger partial charge is 0.480 e. The van der Waals surface area contributed by atoms with E-state index < -0.39 is 42.9 Å². The van der Waals surface area contributed by atoms with Crippen LogP contribution in [-0.4, -0.2) is 59.6 Å². The highest BCUT2D eigenvalue weighted by Gasteiger charge is 2.49. The molecule has 186 valence electrons. The minimum absolute atomic E-state index is 0.00912. The molecule has 1 fully saturated rings. The molecule has 1 aliphatic carbocycles. The van der Waals surface area contributed by atoms with Gasteiger partial charge in [0.05, 0.1) is 6.54 Å². The molecule has 0 unspecified atom stereocenters. The quantitative estimate of drug-likeness (QED) is 0.512. The Morgan fingerprint density at radius 3 is 2.26 bits per heavy atom. The Bertz CT molecular complexity index is 1060. The summed E-state index contributed by atoms with van der Waals surface area (Å²) in [5, 5.41) is 11.8. The Kier molecular flexibility index (Phi) is 7.33. The van der Waals surface area contributed by atoms with Crippen molar-refractivity contribution in [2.75, 3.05) is 19.7 Å². The first-order chi connectivity index (χ1) is 16.8. The number of rotatable bonds is 9. The molecule has 7 nitrogen and oxygen atoms in total. The number of carbonyl (C=O) groups is 3. The van der Waals surface area contributed by atoms with Crippen LogP contribution in [0.3, 0.4) is 0 Å². The third-order valence-corrected chi connectivity index (χ3v) is 6.56. The lowest BCUT2D eigenvalue weighted by atomic mass is 9.98. The van der Waals surface area contributed by atoms with Crippen LogP contribution in [0.4, 0.5) is 13.6 Å². The maximum atomic E-state index is 13.5. The van der Waals surface area contributed by atoms with Gasteiger partial charge in [-0.3, -0.25) is 4.79 Å². The lowest BCUT2D eigenvalue weighted by molar-refractivity contribution is -0.148. The van der Waals surface area contributed by atoms with Crippen molar-refractivity contribution >= 4 is 18.0 Å². The molecule has 1 atom stereocenters. The molecule has 0 saturated carbocycles. The number of halogens is 2. The summed E-state index contributed by atoms with van der Waals surface area (Å²) in [6.45, 7) is -0.282. The first-order valence-electron chi connectivity index (χ1n) is 11.8. The first-order valence-corrected chi connectivity index (χ1v) is 11.8. The van der Waals surface area contributed by atoms with Crippen molar-refractivity contribution in [3.63, 3.8) is 0 Å². The predicted molar refractivity (Wildman–Crippen MR) is 124 cm³/mol. The molecule has 2 amide bonds. The topological polar surface area (TPSA) is 95.9 Å². The van der Waals surface area contributed by atoms with Gasteiger partial charge in [0, 0.05) is 25.3 Å². The minimum Gasteiger partial charge on any atom is -0.480 e. The number of amides is 2. The Morgan fingerprint density at radius 1 is 1.00 bits per heavy atom. The molecule has 0 spiro atoms. The molecule has 1 heterocycles. The average molecular weight is 487 g/mol. The van der Waals surface area contributed by atoms with Gasteiger partial charge in [-0.2, -0.15) is 0 Å². The van der Waals surface area contributed by atoms with Crippen molar-refractivity contribution in [2.24, 2.45) is 0 Å². The highest BCUT2D eigenvalue weighted by molar-refractivity contribution is 5.84. The van der Waals surface area contributed by atoms with E-state index in [0.717, 1.165) is 27.2 Å². The Hall–Kier alpha value is -3.49. The number of fused-ring (bicyclic) bond motifs is 3. The van der Waals surface area contributed by atoms with Gasteiger partial charge in [-0.15, -0.1) is 0 Å². The monoisotopic (exact) mass is 486 g/mol. The fourth-order valence-electron chi connectivity index (χ4n) is 4.86. The second-order valence-electron chi connectivity index (χ2n) is 9.00. The van der Waals surface area contributed by atoms with Crippen LogP contribution in [0.1, 0.15) is 49.1 Å². The molecule has 2 aromatic rings. The second-order valence-corrected chi connectivity index (χ2v) is 9.00. The van der Waals surface area contributed by atoms with E-state index in [9.17, 15) is 23.2 Å². The molecule has 2 aliphatic rings. The molecule has 1 aliphatic heterocycles. The third-order valence-electron chi connectivity index (χ3n) is 6.56. The van der Waals surface area contributed by atoms with Crippen LogP contribution in [0, 0.1) is 0 Å². The fourth-order valence-corrected chi connectivity index (χ4v) is 4.86. The molecule has 2 aromatic carbocycles. The highest BCUT2D eigenvalue weighted by Crippen LogP contribution is 2.44. The molecular formula is C26H28F2N2O5. The fraction of sp³-hybridized carbons (Fsp3) is 0.423. The molecule has 1 saturated heterocycles. The highest BCUT2D eigenvalue weighted by atomic mass is 19.3. The van der Waals surface area contributed by atoms with Crippen molar-refractivity contribution in [1.82, 2.24) is 10.2 Å². The van der Waals surface area contributed by atoms with E-state index in [-0.39, 0.29) is 18.9 Å². The third kappa shape index (κ3) is 5.61. The van der Waals surface area contributed by atoms with Crippen LogP contribution < -0.4 is 5.32 Å². The van der Waals surface area contributed by atoms with E-state index in [4.69, 9.17) is 9.84 Å². The van der Waals surface area contributed by atoms with Crippen LogP contribution in [0.25, 0.3) is 11.1 Å². The van der Waals surface area contributed by atoms with Gasteiger partial charge in [0.2, 0.25) is 5.91 Å². The van der Waals surface area contributed by atoms with Gasteiger partial charge in [0.15, 0.2) is 0 Å².